The molecule has 0 aromatic carbocycles. The maximum atomic E-state index is 10.8. The van der Waals surface area contributed by atoms with Crippen LogP contribution in [-0.4, -0.2) is 45.2 Å². The Morgan fingerprint density at radius 3 is 1.27 bits per heavy atom. The van der Waals surface area contributed by atoms with Gasteiger partial charge in [0.25, 0.3) is 5.40 Å². The van der Waals surface area contributed by atoms with Crippen molar-refractivity contribution in [2.45, 2.75) is 5.40 Å². The van der Waals surface area contributed by atoms with E-state index in [0.29, 0.717) is 0 Å². The minimum Gasteiger partial charge on any atom is -0.323 e. The highest BCUT2D eigenvalue weighted by atomic mass is 31.2. The van der Waals surface area contributed by atoms with E-state index < -0.39 is 34.1 Å². The lowest BCUT2D eigenvalue weighted by molar-refractivity contribution is -0.113. The summed E-state index contributed by atoms with van der Waals surface area (Å²) in [6.07, 6.45) is 0. The van der Waals surface area contributed by atoms with Crippen molar-refractivity contribution in [1.82, 2.24) is 0 Å². The Bertz CT molecular complexity index is 318. The van der Waals surface area contributed by atoms with Crippen molar-refractivity contribution in [3.63, 3.8) is 0 Å². The van der Waals surface area contributed by atoms with Gasteiger partial charge in [-0.15, -0.1) is 0 Å². The zero-order chi connectivity index (χ0) is 12.7. The van der Waals surface area contributed by atoms with Crippen LogP contribution in [0.3, 0.4) is 0 Å². The lowest BCUT2D eigenvalue weighted by atomic mass is 10.9. The minimum atomic E-state index is -5.61. The Hall–Kier alpha value is 0.280. The van der Waals surface area contributed by atoms with Gasteiger partial charge < -0.3 is 19.6 Å². The van der Waals surface area contributed by atoms with Crippen LogP contribution in [0.1, 0.15) is 0 Å². The molecular formula is C2H8O10P3+. The van der Waals surface area contributed by atoms with Gasteiger partial charge in [0.05, 0.1) is 0 Å². The third-order valence-corrected chi connectivity index (χ3v) is 5.96. The monoisotopic (exact) mass is 285 g/mol. The summed E-state index contributed by atoms with van der Waals surface area (Å²) in [7, 11) is -16.6. The fraction of sp³-hybridized carbons (Fsp3) is 0.500. The van der Waals surface area contributed by atoms with Gasteiger partial charge in [-0.1, -0.05) is 0 Å². The molecule has 0 aliphatic heterocycles. The summed E-state index contributed by atoms with van der Waals surface area (Å²) in [6, 6.07) is 0. The zero-order valence-electron chi connectivity index (χ0n) is 6.77. The van der Waals surface area contributed by atoms with Crippen LogP contribution in [-0.2, 0) is 13.9 Å². The topological polar surface area (TPSA) is 193 Å². The molecule has 0 aliphatic carbocycles. The average molecular weight is 285 g/mol. The largest absolute Gasteiger partial charge is 0.480 e. The quantitative estimate of drug-likeness (QED) is 0.282. The first-order valence-electron chi connectivity index (χ1n) is 3.00. The first-order chi connectivity index (χ1) is 6.28. The number of rotatable bonds is 4. The van der Waals surface area contributed by atoms with Crippen LogP contribution < -0.4 is 0 Å². The fourth-order valence-electron chi connectivity index (χ4n) is 0.639. The molecule has 0 saturated carbocycles. The molecule has 10 nitrogen and oxygen atoms in total. The van der Waals surface area contributed by atoms with Crippen molar-refractivity contribution in [2.75, 3.05) is 0 Å². The molecule has 0 fully saturated rings. The second-order valence-corrected chi connectivity index (χ2v) is 7.83. The van der Waals surface area contributed by atoms with Crippen LogP contribution in [0.2, 0.25) is 0 Å². The first-order valence-corrected chi connectivity index (χ1v) is 8.01. The van der Waals surface area contributed by atoms with Gasteiger partial charge in [-0.25, -0.2) is 4.79 Å². The Labute approximate surface area is 83.1 Å². The molecule has 13 heteroatoms. The Kier molecular flexibility index (Phi) is 4.35. The molecule has 0 aliphatic rings. The van der Waals surface area contributed by atoms with Crippen LogP contribution in [0.4, 0.5) is 0 Å². The first kappa shape index (κ1) is 15.3. The number of carbonyl (C=O) groups is 1. The normalized spacial score (nSPS) is 14.4. The number of hydrogen-bond acceptors (Lipinski definition) is 6. The summed E-state index contributed by atoms with van der Waals surface area (Å²) in [5, 5.41) is -3.27. The summed E-state index contributed by atoms with van der Waals surface area (Å²) in [5.74, 6) is 0. The molecule has 0 amide bonds. The molecule has 90 valence electrons. The van der Waals surface area contributed by atoms with Crippen LogP contribution in [0.5, 0.6) is 0 Å². The van der Waals surface area contributed by atoms with E-state index in [4.69, 9.17) is 34.3 Å². The van der Waals surface area contributed by atoms with E-state index in [1.54, 1.807) is 0 Å². The number of hydrogen-bond donors (Lipinski definition) is 7. The minimum absolute atomic E-state index is 2.37. The van der Waals surface area contributed by atoms with Crippen LogP contribution in [0.15, 0.2) is 0 Å². The molecule has 0 rings (SSSR count). The zero-order valence-corrected chi connectivity index (χ0v) is 9.46. The van der Waals surface area contributed by atoms with Gasteiger partial charge in [0, 0.05) is 0 Å². The van der Waals surface area contributed by atoms with E-state index in [-0.39, 0.29) is 0 Å². The second-order valence-electron chi connectivity index (χ2n) is 2.46. The second kappa shape index (κ2) is 4.27. The van der Waals surface area contributed by atoms with E-state index >= 15 is 0 Å². The van der Waals surface area contributed by atoms with Crippen LogP contribution >= 0.6 is 23.1 Å². The predicted molar refractivity (Wildman–Crippen MR) is 46.5 cm³/mol. The standard InChI is InChI=1S/C2H7O10P3/c3-1(13(4,5)6)2(14(7,8)9)15(10,11)12/h2,4-6H,(H3-,7,8,9,10,11,12)/p+1. The van der Waals surface area contributed by atoms with E-state index in [0.717, 1.165) is 0 Å². The predicted octanol–water partition coefficient (Wildman–Crippen LogP) is -2.07. The lowest BCUT2D eigenvalue weighted by Gasteiger charge is -2.16. The summed E-state index contributed by atoms with van der Waals surface area (Å²) in [4.78, 5) is 69.6. The Morgan fingerprint density at radius 1 is 0.933 bits per heavy atom. The molecule has 0 bridgehead atoms. The highest BCUT2D eigenvalue weighted by Crippen LogP contribution is 2.66. The third-order valence-electron chi connectivity index (χ3n) is 1.15. The van der Waals surface area contributed by atoms with Crippen LogP contribution in [0, 0.1) is 0 Å². The number of carbonyl (C=O) groups excluding carboxylic acids is 1. The Balaban J connectivity index is 5.47. The highest BCUT2D eigenvalue weighted by Gasteiger charge is 2.61. The molecule has 0 unspecified atom stereocenters. The molecule has 15 heavy (non-hydrogen) atoms. The maximum Gasteiger partial charge on any atom is 0.480 e. The van der Waals surface area contributed by atoms with E-state index in [2.05, 4.69) is 0 Å². The molecule has 0 radical (unpaired) electrons. The van der Waals surface area contributed by atoms with Crippen LogP contribution in [0.25, 0.3) is 0 Å². The molecule has 0 atom stereocenters. The highest BCUT2D eigenvalue weighted by molar-refractivity contribution is 7.83. The SMILES string of the molecule is O=C(C(P(=O)(O)O)P(=O)(O)O)[P+](O)(O)O. The van der Waals surface area contributed by atoms with Crippen molar-refractivity contribution in [3.05, 3.63) is 0 Å². The molecule has 0 heterocycles. The van der Waals surface area contributed by atoms with Crippen molar-refractivity contribution in [2.24, 2.45) is 0 Å². The van der Waals surface area contributed by atoms with Gasteiger partial charge in [-0.05, 0) is 0 Å². The van der Waals surface area contributed by atoms with E-state index in [9.17, 15) is 13.9 Å². The lowest BCUT2D eigenvalue weighted by Crippen LogP contribution is -2.23. The van der Waals surface area contributed by atoms with Gasteiger partial charge >= 0.3 is 28.7 Å². The van der Waals surface area contributed by atoms with Crippen molar-refractivity contribution in [1.29, 1.82) is 0 Å². The van der Waals surface area contributed by atoms with Gasteiger partial charge in [-0.2, -0.15) is 14.7 Å². The fourth-order valence-corrected chi connectivity index (χ4v) is 4.92. The summed E-state index contributed by atoms with van der Waals surface area (Å²) in [5.41, 5.74) is -2.37. The van der Waals surface area contributed by atoms with Gasteiger partial charge in [0.1, 0.15) is 0 Å². The Morgan fingerprint density at radius 2 is 1.20 bits per heavy atom. The van der Waals surface area contributed by atoms with Crippen molar-refractivity contribution >= 4 is 28.7 Å². The summed E-state index contributed by atoms with van der Waals surface area (Å²) >= 11 is 0. The smallest absolute Gasteiger partial charge is 0.323 e. The molecule has 7 N–H and O–H groups in total. The third kappa shape index (κ3) is 4.34. The molecule has 0 aromatic rings. The molecule has 0 aromatic heterocycles. The molecule has 0 saturated heterocycles. The summed E-state index contributed by atoms with van der Waals surface area (Å²) in [6.45, 7) is 0. The van der Waals surface area contributed by atoms with Gasteiger partial charge in [0.15, 0.2) is 0 Å². The van der Waals surface area contributed by atoms with Gasteiger partial charge in [-0.3, -0.25) is 9.13 Å². The van der Waals surface area contributed by atoms with E-state index in [1.807, 2.05) is 0 Å². The summed E-state index contributed by atoms with van der Waals surface area (Å²) < 4.78 is 21.1. The molecule has 0 spiro atoms. The average Bonchev–Trinajstić information content (AvgIpc) is 1.76. The van der Waals surface area contributed by atoms with Crippen molar-refractivity contribution < 1.29 is 48.2 Å². The van der Waals surface area contributed by atoms with E-state index in [1.165, 1.54) is 0 Å². The molecular weight excluding hydrogens is 277 g/mol. The van der Waals surface area contributed by atoms with Crippen molar-refractivity contribution in [3.8, 4) is 0 Å². The van der Waals surface area contributed by atoms with Gasteiger partial charge in [0.2, 0.25) is 0 Å². The maximum absolute atomic E-state index is 10.8.